The highest BCUT2D eigenvalue weighted by Gasteiger charge is 2.21. The Morgan fingerprint density at radius 2 is 2.16 bits per heavy atom. The molecule has 2 aliphatic heterocycles. The molecular formula is C18H29IN4O2. The fourth-order valence-corrected chi connectivity index (χ4v) is 3.25. The third-order valence-electron chi connectivity index (χ3n) is 4.56. The number of nitrogens with one attached hydrogen (secondary N) is 2. The molecule has 2 unspecified atom stereocenters. The summed E-state index contributed by atoms with van der Waals surface area (Å²) in [6, 6.07) is 8.47. The second kappa shape index (κ2) is 10.3. The Morgan fingerprint density at radius 3 is 2.80 bits per heavy atom. The number of β-amino-alcohol motifs (C(OH)–C–C–N with tert-alkyl or cyclic N) is 1. The van der Waals surface area contributed by atoms with Crippen molar-refractivity contribution in [1.82, 2.24) is 15.5 Å². The van der Waals surface area contributed by atoms with Crippen LogP contribution in [-0.4, -0.2) is 61.0 Å². The number of hydrogen-bond acceptors (Lipinski definition) is 6. The van der Waals surface area contributed by atoms with Crippen molar-refractivity contribution in [1.29, 1.82) is 0 Å². The molecule has 1 fully saturated rings. The van der Waals surface area contributed by atoms with Crippen LogP contribution in [0.15, 0.2) is 29.3 Å². The largest absolute Gasteiger partial charge is 0.392 e. The second-order valence-corrected chi connectivity index (χ2v) is 6.45. The van der Waals surface area contributed by atoms with Crippen molar-refractivity contribution >= 4 is 29.9 Å². The Kier molecular flexibility index (Phi) is 8.41. The van der Waals surface area contributed by atoms with Crippen LogP contribution in [0.1, 0.15) is 24.5 Å². The Hall–Kier alpha value is -0.900. The van der Waals surface area contributed by atoms with Crippen LogP contribution in [0.25, 0.3) is 0 Å². The van der Waals surface area contributed by atoms with E-state index in [9.17, 15) is 5.11 Å². The van der Waals surface area contributed by atoms with Gasteiger partial charge >= 0.3 is 0 Å². The maximum Gasteiger partial charge on any atom is 0.191 e. The summed E-state index contributed by atoms with van der Waals surface area (Å²) in [5.74, 6) is 0.845. The number of benzene rings is 1. The van der Waals surface area contributed by atoms with Crippen molar-refractivity contribution in [2.45, 2.75) is 38.6 Å². The molecule has 0 amide bonds. The number of aliphatic hydroxyl groups excluding tert-OH is 1. The van der Waals surface area contributed by atoms with Crippen LogP contribution in [0.3, 0.4) is 0 Å². The SMILES string of the molecule is CCOC1CN=C(NCc2ccccc2CN2CCC(O)C2)NC1.I. The fourth-order valence-electron chi connectivity index (χ4n) is 3.25. The Balaban J connectivity index is 0.00000225. The molecular weight excluding hydrogens is 431 g/mol. The van der Waals surface area contributed by atoms with E-state index in [4.69, 9.17) is 4.74 Å². The molecule has 140 valence electrons. The zero-order chi connectivity index (χ0) is 16.8. The van der Waals surface area contributed by atoms with E-state index in [1.807, 2.05) is 6.92 Å². The third kappa shape index (κ3) is 6.09. The second-order valence-electron chi connectivity index (χ2n) is 6.45. The fraction of sp³-hybridized carbons (Fsp3) is 0.611. The smallest absolute Gasteiger partial charge is 0.191 e. The summed E-state index contributed by atoms with van der Waals surface area (Å²) in [4.78, 5) is 6.83. The minimum Gasteiger partial charge on any atom is -0.392 e. The molecule has 2 aliphatic rings. The molecule has 0 saturated carbocycles. The minimum atomic E-state index is -0.172. The van der Waals surface area contributed by atoms with Gasteiger partial charge in [0.15, 0.2) is 5.96 Å². The summed E-state index contributed by atoms with van der Waals surface area (Å²) >= 11 is 0. The summed E-state index contributed by atoms with van der Waals surface area (Å²) in [5.41, 5.74) is 2.58. The minimum absolute atomic E-state index is 0. The number of rotatable bonds is 6. The predicted octanol–water partition coefficient (Wildman–Crippen LogP) is 1.33. The highest BCUT2D eigenvalue weighted by atomic mass is 127. The van der Waals surface area contributed by atoms with E-state index in [0.29, 0.717) is 6.54 Å². The molecule has 1 aromatic carbocycles. The van der Waals surface area contributed by atoms with E-state index in [2.05, 4.69) is 44.8 Å². The van der Waals surface area contributed by atoms with Crippen LogP contribution >= 0.6 is 24.0 Å². The molecule has 2 atom stereocenters. The number of nitrogens with zero attached hydrogens (tertiary/aromatic N) is 2. The first-order chi connectivity index (χ1) is 11.7. The van der Waals surface area contributed by atoms with Gasteiger partial charge in [-0.15, -0.1) is 24.0 Å². The zero-order valence-electron chi connectivity index (χ0n) is 14.8. The summed E-state index contributed by atoms with van der Waals surface area (Å²) in [6.45, 7) is 7.62. The lowest BCUT2D eigenvalue weighted by Crippen LogP contribution is -2.46. The van der Waals surface area contributed by atoms with Gasteiger partial charge in [0.2, 0.25) is 0 Å². The summed E-state index contributed by atoms with van der Waals surface area (Å²) in [6.07, 6.45) is 0.881. The highest BCUT2D eigenvalue weighted by molar-refractivity contribution is 14.0. The van der Waals surface area contributed by atoms with Gasteiger partial charge in [0.25, 0.3) is 0 Å². The van der Waals surface area contributed by atoms with Crippen molar-refractivity contribution in [3.8, 4) is 0 Å². The third-order valence-corrected chi connectivity index (χ3v) is 4.56. The maximum atomic E-state index is 9.69. The van der Waals surface area contributed by atoms with E-state index < -0.39 is 0 Å². The Morgan fingerprint density at radius 1 is 1.36 bits per heavy atom. The average molecular weight is 460 g/mol. The van der Waals surface area contributed by atoms with E-state index in [0.717, 1.165) is 51.7 Å². The summed E-state index contributed by atoms with van der Waals surface area (Å²) in [7, 11) is 0. The quantitative estimate of drug-likeness (QED) is 0.559. The molecule has 0 spiro atoms. The number of aliphatic imine (C=N–C) groups is 1. The van der Waals surface area contributed by atoms with Gasteiger partial charge in [0, 0.05) is 39.3 Å². The van der Waals surface area contributed by atoms with Crippen LogP contribution in [-0.2, 0) is 17.8 Å². The van der Waals surface area contributed by atoms with Gasteiger partial charge in [-0.2, -0.15) is 0 Å². The monoisotopic (exact) mass is 460 g/mol. The lowest BCUT2D eigenvalue weighted by molar-refractivity contribution is 0.0691. The summed E-state index contributed by atoms with van der Waals surface area (Å²) in [5, 5.41) is 16.4. The van der Waals surface area contributed by atoms with Crippen molar-refractivity contribution in [2.75, 3.05) is 32.8 Å². The zero-order valence-corrected chi connectivity index (χ0v) is 17.1. The Bertz CT molecular complexity index is 570. The van der Waals surface area contributed by atoms with Gasteiger partial charge in [-0.25, -0.2) is 0 Å². The number of halogens is 1. The molecule has 6 nitrogen and oxygen atoms in total. The van der Waals surface area contributed by atoms with Gasteiger partial charge in [0.05, 0.1) is 18.8 Å². The summed E-state index contributed by atoms with van der Waals surface area (Å²) < 4.78 is 5.57. The predicted molar refractivity (Wildman–Crippen MR) is 110 cm³/mol. The van der Waals surface area contributed by atoms with Crippen LogP contribution in [0.4, 0.5) is 0 Å². The van der Waals surface area contributed by atoms with Crippen molar-refractivity contribution in [3.05, 3.63) is 35.4 Å². The van der Waals surface area contributed by atoms with Crippen LogP contribution in [0.5, 0.6) is 0 Å². The van der Waals surface area contributed by atoms with E-state index in [1.54, 1.807) is 0 Å². The lowest BCUT2D eigenvalue weighted by Gasteiger charge is -2.24. The first-order valence-electron chi connectivity index (χ1n) is 8.85. The lowest BCUT2D eigenvalue weighted by atomic mass is 10.1. The van der Waals surface area contributed by atoms with Crippen molar-refractivity contribution in [2.24, 2.45) is 4.99 Å². The van der Waals surface area contributed by atoms with Gasteiger partial charge in [-0.05, 0) is 24.5 Å². The van der Waals surface area contributed by atoms with Gasteiger partial charge < -0.3 is 20.5 Å². The molecule has 0 aromatic heterocycles. The van der Waals surface area contributed by atoms with Gasteiger partial charge in [-0.1, -0.05) is 24.3 Å². The number of likely N-dealkylation sites (tertiary alicyclic amines) is 1. The van der Waals surface area contributed by atoms with E-state index >= 15 is 0 Å². The van der Waals surface area contributed by atoms with Gasteiger partial charge in [0.1, 0.15) is 0 Å². The topological polar surface area (TPSA) is 69.1 Å². The first kappa shape index (κ1) is 20.4. The number of hydrogen-bond donors (Lipinski definition) is 3. The average Bonchev–Trinajstić information content (AvgIpc) is 3.01. The highest BCUT2D eigenvalue weighted by Crippen LogP contribution is 2.16. The molecule has 7 heteroatoms. The molecule has 1 aromatic rings. The molecule has 0 aliphatic carbocycles. The molecule has 25 heavy (non-hydrogen) atoms. The van der Waals surface area contributed by atoms with Crippen molar-refractivity contribution in [3.63, 3.8) is 0 Å². The maximum absolute atomic E-state index is 9.69. The molecule has 3 rings (SSSR count). The number of guanidine groups is 1. The van der Waals surface area contributed by atoms with E-state index in [-0.39, 0.29) is 36.2 Å². The molecule has 1 saturated heterocycles. The molecule has 2 heterocycles. The van der Waals surface area contributed by atoms with Gasteiger partial charge in [-0.3, -0.25) is 9.89 Å². The standard InChI is InChI=1S/C18H28N4O2.HI/c1-2-24-17-10-20-18(21-11-17)19-9-14-5-3-4-6-15(14)12-22-8-7-16(23)13-22;/h3-6,16-17,23H,2,7-13H2,1H3,(H2,19,20,21);1H. The van der Waals surface area contributed by atoms with Crippen LogP contribution in [0.2, 0.25) is 0 Å². The van der Waals surface area contributed by atoms with Crippen molar-refractivity contribution < 1.29 is 9.84 Å². The molecule has 0 radical (unpaired) electrons. The number of aliphatic hydroxyl groups is 1. The number of ether oxygens (including phenoxy) is 1. The Labute approximate surface area is 167 Å². The van der Waals surface area contributed by atoms with Crippen LogP contribution < -0.4 is 10.6 Å². The first-order valence-corrected chi connectivity index (χ1v) is 8.85. The van der Waals surface area contributed by atoms with Crippen LogP contribution in [0, 0.1) is 0 Å². The molecule has 0 bridgehead atoms. The normalized spacial score (nSPS) is 23.5. The van der Waals surface area contributed by atoms with E-state index in [1.165, 1.54) is 11.1 Å². The molecule has 3 N–H and O–H groups in total.